The summed E-state index contributed by atoms with van der Waals surface area (Å²) >= 11 is 0. The largest absolute Gasteiger partial charge is 0.508 e. The molecule has 0 radical (unpaired) electrons. The lowest BCUT2D eigenvalue weighted by Crippen LogP contribution is -2.48. The number of guanidine groups is 1. The minimum absolute atomic E-state index is 0.0102. The van der Waals surface area contributed by atoms with Crippen LogP contribution >= 0.6 is 0 Å². The Bertz CT molecular complexity index is 4230. The molecule has 5 aliphatic carbocycles. The van der Waals surface area contributed by atoms with Gasteiger partial charge in [-0.15, -0.1) is 0 Å². The number of aliphatic hydroxyl groups is 3. The fourth-order valence-corrected chi connectivity index (χ4v) is 19.9. The van der Waals surface area contributed by atoms with E-state index in [2.05, 4.69) is 110 Å². The number of hydrogen-bond acceptors (Lipinski definition) is 9. The molecule has 5 heterocycles. The fourth-order valence-electron chi connectivity index (χ4n) is 18.9. The van der Waals surface area contributed by atoms with E-state index in [1.165, 1.54) is 38.6 Å². The first kappa shape index (κ1) is 60.9. The summed E-state index contributed by atoms with van der Waals surface area (Å²) in [6.45, 7) is 2.10. The molecule has 7 aromatic rings. The number of ether oxygens (including phenoxy) is 2. The first-order valence-electron chi connectivity index (χ1n) is 33.9. The highest BCUT2D eigenvalue weighted by atomic mass is 32.2. The lowest BCUT2D eigenvalue weighted by molar-refractivity contribution is -0.0834. The summed E-state index contributed by atoms with van der Waals surface area (Å²) in [5.74, 6) is 4.97. The van der Waals surface area contributed by atoms with Crippen LogP contribution in [0.2, 0.25) is 0 Å². The number of aryl methyl sites for hydroxylation is 4. The number of aliphatic imine (C=N–C) groups is 1. The quantitative estimate of drug-likeness (QED) is 0.0237. The predicted octanol–water partition coefficient (Wildman–Crippen LogP) is 13.5. The third-order valence-electron chi connectivity index (χ3n) is 23.3. The van der Waals surface area contributed by atoms with E-state index in [9.17, 15) is 33.4 Å². The molecular weight excluding hydrogens is 1170 g/mol. The van der Waals surface area contributed by atoms with Gasteiger partial charge in [0.25, 0.3) is 10.1 Å². The third-order valence-corrected chi connectivity index (χ3v) is 24.6. The number of phenols is 1. The molecule has 0 amide bonds. The Morgan fingerprint density at radius 2 is 1.57 bits per heavy atom. The Kier molecular flexibility index (Phi) is 16.1. The number of allylic oxidation sites excluding steroid dienone is 1. The van der Waals surface area contributed by atoms with E-state index in [0.29, 0.717) is 61.8 Å². The molecule has 476 valence electrons. The molecule has 9 N–H and O–H groups in total. The second kappa shape index (κ2) is 24.2. The molecule has 17 rings (SSSR count). The molecule has 0 spiro atoms. The van der Waals surface area contributed by atoms with Crippen LogP contribution in [-0.2, 0) is 52.7 Å². The van der Waals surface area contributed by atoms with Crippen LogP contribution in [0.1, 0.15) is 192 Å². The predicted molar refractivity (Wildman–Crippen MR) is 359 cm³/mol. The Morgan fingerprint density at radius 3 is 2.38 bits per heavy atom. The van der Waals surface area contributed by atoms with Crippen molar-refractivity contribution in [2.75, 3.05) is 6.61 Å². The second-order valence-electron chi connectivity index (χ2n) is 28.8. The molecular formula is C79H85N3O9S. The van der Waals surface area contributed by atoms with Crippen LogP contribution in [-0.4, -0.2) is 62.9 Å². The van der Waals surface area contributed by atoms with Gasteiger partial charge in [-0.05, 0) is 234 Å². The zero-order valence-corrected chi connectivity index (χ0v) is 53.3. The van der Waals surface area contributed by atoms with E-state index >= 15 is 0 Å². The molecule has 15 atom stereocenters. The molecule has 13 heteroatoms. The highest BCUT2D eigenvalue weighted by Gasteiger charge is 2.51. The molecule has 1 saturated carbocycles. The topological polar surface area (TPSA) is 218 Å². The summed E-state index contributed by atoms with van der Waals surface area (Å²) in [7, 11) is -4.72. The van der Waals surface area contributed by atoms with Crippen molar-refractivity contribution < 1.29 is 42.9 Å². The first-order valence-corrected chi connectivity index (χ1v) is 35.4. The first-order chi connectivity index (χ1) is 44.5. The monoisotopic (exact) mass is 1250 g/mol. The third kappa shape index (κ3) is 11.3. The Balaban J connectivity index is 0.836. The number of benzene rings is 7. The Morgan fingerprint density at radius 1 is 0.783 bits per heavy atom. The van der Waals surface area contributed by atoms with Gasteiger partial charge in [0.2, 0.25) is 5.72 Å². The number of rotatable bonds is 9. The van der Waals surface area contributed by atoms with E-state index in [1.54, 1.807) is 12.1 Å². The van der Waals surface area contributed by atoms with Crippen LogP contribution in [0.25, 0.3) is 10.8 Å². The molecule has 15 unspecified atom stereocenters. The number of aliphatic hydroxyl groups excluding tert-OH is 2. The lowest BCUT2D eigenvalue weighted by Gasteiger charge is -2.46. The zero-order chi connectivity index (χ0) is 63.2. The molecule has 12 nitrogen and oxygen atoms in total. The summed E-state index contributed by atoms with van der Waals surface area (Å²) in [5, 5.41) is 49.3. The van der Waals surface area contributed by atoms with Gasteiger partial charge in [0.05, 0.1) is 23.1 Å². The van der Waals surface area contributed by atoms with Gasteiger partial charge in [0.1, 0.15) is 17.6 Å². The van der Waals surface area contributed by atoms with Gasteiger partial charge < -0.3 is 41.4 Å². The van der Waals surface area contributed by atoms with Crippen LogP contribution in [0, 0.1) is 41.4 Å². The van der Waals surface area contributed by atoms with Gasteiger partial charge in [-0.1, -0.05) is 140 Å². The van der Waals surface area contributed by atoms with Crippen molar-refractivity contribution in [1.82, 2.24) is 0 Å². The van der Waals surface area contributed by atoms with Gasteiger partial charge >= 0.3 is 0 Å². The van der Waals surface area contributed by atoms with E-state index in [-0.39, 0.29) is 72.8 Å². The molecule has 7 aromatic carbocycles. The SMILES string of the molecule is CC1CCc2cc3ccc2C1CC(S(=O)(=O)O)C1C=C2CC(CC4CC(CO)CC#Cc5cc(O)ccc5C2O4)C1c1ccc(cc1)C(CC(Cc1ccccc1)C1(O)CCCC(c2ccc4c(c2)CCc2ccc5cccc6c5c2C(CC6)C4O)C1)(N=C(N)N)O3. The van der Waals surface area contributed by atoms with Gasteiger partial charge in [-0.2, -0.15) is 8.42 Å². The van der Waals surface area contributed by atoms with Gasteiger partial charge in [0, 0.05) is 48.0 Å². The van der Waals surface area contributed by atoms with Gasteiger partial charge in [-0.25, -0.2) is 4.99 Å². The van der Waals surface area contributed by atoms with Crippen molar-refractivity contribution in [3.05, 3.63) is 224 Å². The van der Waals surface area contributed by atoms with Crippen molar-refractivity contribution in [2.45, 2.75) is 175 Å². The van der Waals surface area contributed by atoms with Crippen LogP contribution in [0.3, 0.4) is 0 Å². The lowest BCUT2D eigenvalue weighted by atomic mass is 9.64. The maximum atomic E-state index is 14.6. The van der Waals surface area contributed by atoms with Crippen molar-refractivity contribution in [2.24, 2.45) is 46.0 Å². The minimum Gasteiger partial charge on any atom is -0.508 e. The Hall–Kier alpha value is -7.28. The van der Waals surface area contributed by atoms with Crippen LogP contribution in [0.5, 0.6) is 11.5 Å². The molecule has 2 fully saturated rings. The Labute approximate surface area is 541 Å². The van der Waals surface area contributed by atoms with Crippen LogP contribution in [0.4, 0.5) is 0 Å². The second-order valence-corrected chi connectivity index (χ2v) is 30.4. The average Bonchev–Trinajstić information content (AvgIpc) is 1.11. The standard InChI is InChI=1S/C79H85N3O9S/c1-46-15-16-56-39-63-28-32-65(56)69(46)42-71(92(87,88)89)70-41-59-37-58(40-64-35-48(45-83)10-5-13-54-38-62(84)27-31-67(54)76(59)90-64)72(70)51-21-25-60(26-22-51)79(91-63,82-77(80)81)44-61(34-47-8-3-2-4-9-47)78(86)33-7-14-57(43-78)53-24-29-66-55(36-53)20-19-52-18-17-49-11-6-12-50-23-30-68(75(66)85)74(52)73(49)50/h2-4,6,8-9,11-12,17-18,21-22,24-29,31-32,36,38-39,41,46,48,57-58,61,64,68-72,75-76,83-86H,7,10,14-16,19-20,23,30,33-35,37,40,42-45H2,1H3,(H4,80,81,82)(H,87,88,89). The van der Waals surface area contributed by atoms with E-state index in [0.717, 1.165) is 90.3 Å². The highest BCUT2D eigenvalue weighted by molar-refractivity contribution is 7.86. The smallest absolute Gasteiger partial charge is 0.268 e. The van der Waals surface area contributed by atoms with Crippen molar-refractivity contribution in [3.8, 4) is 23.3 Å². The van der Waals surface area contributed by atoms with Crippen molar-refractivity contribution in [3.63, 3.8) is 0 Å². The van der Waals surface area contributed by atoms with E-state index < -0.39 is 56.7 Å². The molecule has 92 heavy (non-hydrogen) atoms. The van der Waals surface area contributed by atoms with Crippen molar-refractivity contribution in [1.29, 1.82) is 0 Å². The highest BCUT2D eigenvalue weighted by Crippen LogP contribution is 2.57. The van der Waals surface area contributed by atoms with Gasteiger partial charge in [0.15, 0.2) is 5.96 Å². The average molecular weight is 1250 g/mol. The number of aromatic hydroxyl groups is 1. The number of phenolic OH excluding ortho intramolecular Hbond substituents is 1. The number of hydrogen-bond donors (Lipinski definition) is 7. The molecule has 10 aliphatic rings. The van der Waals surface area contributed by atoms with Crippen LogP contribution < -0.4 is 16.2 Å². The summed E-state index contributed by atoms with van der Waals surface area (Å²) in [4.78, 5) is 5.23. The van der Waals surface area contributed by atoms with Gasteiger partial charge in [-0.3, -0.25) is 4.55 Å². The summed E-state index contributed by atoms with van der Waals surface area (Å²) < 4.78 is 55.8. The number of nitrogens with two attached hydrogens (primary N) is 2. The molecule has 0 aromatic heterocycles. The summed E-state index contributed by atoms with van der Waals surface area (Å²) in [6, 6.07) is 47.6. The normalized spacial score (nSPS) is 30.7. The summed E-state index contributed by atoms with van der Waals surface area (Å²) in [5.41, 5.74) is 24.9. The number of fused-ring (bicyclic) bond motifs is 10. The molecule has 10 bridgehead atoms. The summed E-state index contributed by atoms with van der Waals surface area (Å²) in [6.07, 6.45) is 11.2. The van der Waals surface area contributed by atoms with E-state index in [1.807, 2.05) is 42.5 Å². The molecule has 5 aliphatic heterocycles. The maximum absolute atomic E-state index is 14.6. The maximum Gasteiger partial charge on any atom is 0.268 e. The fraction of sp³-hybridized carbons (Fsp3) is 0.430. The zero-order valence-electron chi connectivity index (χ0n) is 52.5. The van der Waals surface area contributed by atoms with Crippen molar-refractivity contribution >= 4 is 26.9 Å². The minimum atomic E-state index is -4.72. The number of nitrogens with zero attached hydrogens (tertiary/aromatic N) is 1. The van der Waals surface area contributed by atoms with Crippen LogP contribution in [0.15, 0.2) is 156 Å². The van der Waals surface area contributed by atoms with E-state index in [4.69, 9.17) is 25.9 Å². The molecule has 1 saturated heterocycles.